The van der Waals surface area contributed by atoms with Gasteiger partial charge in [-0.25, -0.2) is 4.79 Å². The second-order valence-corrected chi connectivity index (χ2v) is 17.0. The van der Waals surface area contributed by atoms with Crippen molar-refractivity contribution in [3.8, 4) is 0 Å². The lowest BCUT2D eigenvalue weighted by atomic mass is 9.75. The van der Waals surface area contributed by atoms with Crippen LogP contribution in [-0.4, -0.2) is 82.2 Å². The summed E-state index contributed by atoms with van der Waals surface area (Å²) in [5.41, 5.74) is 4.70. The maximum absolute atomic E-state index is 14.5. The van der Waals surface area contributed by atoms with Crippen LogP contribution in [0.5, 0.6) is 0 Å². The molecule has 2 aliphatic carbocycles. The van der Waals surface area contributed by atoms with E-state index in [1.54, 1.807) is 29.2 Å². The van der Waals surface area contributed by atoms with Gasteiger partial charge in [0.25, 0.3) is 17.7 Å². The molecule has 2 saturated carbocycles. The molecule has 0 bridgehead atoms. The third-order valence-corrected chi connectivity index (χ3v) is 11.4. The van der Waals surface area contributed by atoms with Gasteiger partial charge in [-0.1, -0.05) is 79.4 Å². The number of hydrogen-bond donors (Lipinski definition) is 3. The van der Waals surface area contributed by atoms with Crippen LogP contribution in [0.25, 0.3) is 0 Å². The number of ketones is 2. The number of nitrogens with zero attached hydrogens (tertiary/aromatic N) is 2. The van der Waals surface area contributed by atoms with Gasteiger partial charge in [0, 0.05) is 18.9 Å². The third-order valence-electron chi connectivity index (χ3n) is 11.4. The lowest BCUT2D eigenvalue weighted by Gasteiger charge is -2.38. The summed E-state index contributed by atoms with van der Waals surface area (Å²) in [6, 6.07) is 3.54. The molecule has 12 heteroatoms. The molecule has 6 amide bonds. The number of benzene rings is 1. The Balaban J connectivity index is 1.33. The van der Waals surface area contributed by atoms with Gasteiger partial charge in [-0.3, -0.25) is 33.7 Å². The van der Waals surface area contributed by atoms with E-state index in [4.69, 9.17) is 5.73 Å². The number of amides is 6. The molecule has 2 aliphatic heterocycles. The molecule has 1 saturated heterocycles. The second kappa shape index (κ2) is 14.3. The lowest BCUT2D eigenvalue weighted by Crippen LogP contribution is -2.61. The predicted octanol–water partition coefficient (Wildman–Crippen LogP) is 3.86. The standard InChI is InChI=1S/C38H53N5O7/c1-37(2,3)28(20-43-33(47)25-14-7-8-15-26(25)34(43)48)40-36(50)41-31(38(4,5)6)35(49)42-19-22-13-10-16-24(22)29(42)27(44)18-23(30(45)32(39)46)17-21-11-9-12-21/h7-8,14-15,21-24,28-29,31H,9-13,16-20H2,1-6H3,(H2,39,46)(H2,40,41,50)/t22-,23?,24-,28+,29-,31+/m0/s1. The zero-order valence-corrected chi connectivity index (χ0v) is 30.3. The van der Waals surface area contributed by atoms with Crippen LogP contribution in [0.3, 0.4) is 0 Å². The Hall–Kier alpha value is -4.09. The monoisotopic (exact) mass is 691 g/mol. The van der Waals surface area contributed by atoms with Crippen molar-refractivity contribution in [1.82, 2.24) is 20.4 Å². The van der Waals surface area contributed by atoms with Crippen LogP contribution in [0.15, 0.2) is 24.3 Å². The van der Waals surface area contributed by atoms with E-state index in [1.807, 2.05) is 41.5 Å². The lowest BCUT2D eigenvalue weighted by molar-refractivity contribution is -0.144. The van der Waals surface area contributed by atoms with E-state index in [1.165, 1.54) is 0 Å². The first-order valence-corrected chi connectivity index (χ1v) is 18.1. The van der Waals surface area contributed by atoms with Gasteiger partial charge in [0.2, 0.25) is 11.7 Å². The molecule has 0 radical (unpaired) electrons. The van der Waals surface area contributed by atoms with E-state index in [9.17, 15) is 33.6 Å². The van der Waals surface area contributed by atoms with Crippen LogP contribution in [-0.2, 0) is 19.2 Å². The van der Waals surface area contributed by atoms with Crippen LogP contribution in [0.4, 0.5) is 4.79 Å². The van der Waals surface area contributed by atoms with E-state index in [0.29, 0.717) is 24.1 Å². The molecule has 4 N–H and O–H groups in total. The Kier molecular flexibility index (Phi) is 10.6. The molecule has 6 atom stereocenters. The Labute approximate surface area is 294 Å². The van der Waals surface area contributed by atoms with Gasteiger partial charge in [0.05, 0.1) is 29.8 Å². The number of nitrogens with one attached hydrogen (secondary N) is 2. The zero-order valence-electron chi connectivity index (χ0n) is 30.3. The molecule has 3 fully saturated rings. The molecule has 2 heterocycles. The van der Waals surface area contributed by atoms with Crippen LogP contribution >= 0.6 is 0 Å². The van der Waals surface area contributed by atoms with Crippen LogP contribution in [0.1, 0.15) is 114 Å². The molecule has 12 nitrogen and oxygen atoms in total. The van der Waals surface area contributed by atoms with Crippen molar-refractivity contribution in [2.75, 3.05) is 13.1 Å². The van der Waals surface area contributed by atoms with Crippen molar-refractivity contribution in [3.63, 3.8) is 0 Å². The minimum atomic E-state index is -1.04. The topological polar surface area (TPSA) is 176 Å². The predicted molar refractivity (Wildman–Crippen MR) is 186 cm³/mol. The van der Waals surface area contributed by atoms with Crippen LogP contribution < -0.4 is 16.4 Å². The average molecular weight is 692 g/mol. The van der Waals surface area contributed by atoms with E-state index in [-0.39, 0.29) is 42.4 Å². The fourth-order valence-corrected chi connectivity index (χ4v) is 8.19. The summed E-state index contributed by atoms with van der Waals surface area (Å²) >= 11 is 0. The number of hydrogen-bond acceptors (Lipinski definition) is 7. The Morgan fingerprint density at radius 1 is 0.860 bits per heavy atom. The van der Waals surface area contributed by atoms with Crippen LogP contribution in [0.2, 0.25) is 0 Å². The fourth-order valence-electron chi connectivity index (χ4n) is 8.19. The van der Waals surface area contributed by atoms with Crippen molar-refractivity contribution in [2.45, 2.75) is 111 Å². The number of carbonyl (C=O) groups is 7. The highest BCUT2D eigenvalue weighted by atomic mass is 16.2. The summed E-state index contributed by atoms with van der Waals surface area (Å²) < 4.78 is 0. The van der Waals surface area contributed by atoms with Crippen molar-refractivity contribution in [1.29, 1.82) is 0 Å². The van der Waals surface area contributed by atoms with Gasteiger partial charge in [-0.2, -0.15) is 0 Å². The summed E-state index contributed by atoms with van der Waals surface area (Å²) in [5.74, 6) is -3.70. The normalized spacial score (nSPS) is 23.8. The van der Waals surface area contributed by atoms with E-state index in [2.05, 4.69) is 10.6 Å². The molecule has 1 unspecified atom stereocenters. The van der Waals surface area contributed by atoms with Crippen LogP contribution in [0, 0.1) is 34.5 Å². The largest absolute Gasteiger partial charge is 0.363 e. The maximum Gasteiger partial charge on any atom is 0.315 e. The first-order chi connectivity index (χ1) is 23.4. The summed E-state index contributed by atoms with van der Waals surface area (Å²) in [4.78, 5) is 96.1. The highest BCUT2D eigenvalue weighted by Gasteiger charge is 2.52. The smallest absolute Gasteiger partial charge is 0.315 e. The number of nitrogens with two attached hydrogens (primary N) is 1. The Bertz CT molecular complexity index is 1520. The molecule has 1 aromatic rings. The first-order valence-electron chi connectivity index (χ1n) is 18.1. The number of Topliss-reactive ketones (excluding diaryl/α,β-unsaturated/α-hetero) is 2. The molecule has 0 spiro atoms. The molecule has 50 heavy (non-hydrogen) atoms. The zero-order chi connectivity index (χ0) is 36.7. The van der Waals surface area contributed by atoms with Crippen molar-refractivity contribution >= 4 is 41.2 Å². The third kappa shape index (κ3) is 7.63. The minimum Gasteiger partial charge on any atom is -0.363 e. The summed E-state index contributed by atoms with van der Waals surface area (Å²) in [7, 11) is 0. The Morgan fingerprint density at radius 3 is 1.98 bits per heavy atom. The number of primary amides is 1. The SMILES string of the molecule is CC(C)(C)[C@H](NC(=O)N[C@H](CN1C(=O)c2ccccc2C1=O)C(C)(C)C)C(=O)N1C[C@@H]2CCC[C@@H]2[C@H]1C(=O)CC(CC1CCC1)C(=O)C(N)=O. The number of carbonyl (C=O) groups excluding carboxylic acids is 7. The van der Waals surface area contributed by atoms with E-state index < -0.39 is 64.4 Å². The van der Waals surface area contributed by atoms with E-state index in [0.717, 1.165) is 43.4 Å². The molecular weight excluding hydrogens is 638 g/mol. The molecule has 0 aromatic heterocycles. The summed E-state index contributed by atoms with van der Waals surface area (Å²) in [6.07, 6.45) is 5.84. The molecule has 1 aromatic carbocycles. The number of rotatable bonds is 12. The van der Waals surface area contributed by atoms with Gasteiger partial charge in [0.1, 0.15) is 6.04 Å². The van der Waals surface area contributed by atoms with Gasteiger partial charge < -0.3 is 21.3 Å². The fraction of sp³-hybridized carbons (Fsp3) is 0.658. The number of urea groups is 1. The van der Waals surface area contributed by atoms with Crippen molar-refractivity contribution < 1.29 is 33.6 Å². The van der Waals surface area contributed by atoms with Gasteiger partial charge >= 0.3 is 6.03 Å². The number of imide groups is 1. The van der Waals surface area contributed by atoms with Gasteiger partial charge in [-0.15, -0.1) is 0 Å². The second-order valence-electron chi connectivity index (χ2n) is 17.0. The molecule has 5 rings (SSSR count). The highest BCUT2D eigenvalue weighted by Crippen LogP contribution is 2.44. The Morgan fingerprint density at radius 2 is 1.46 bits per heavy atom. The number of likely N-dealkylation sites (tertiary alicyclic amines) is 1. The molecule has 272 valence electrons. The molecular formula is C38H53N5O7. The number of fused-ring (bicyclic) bond motifs is 2. The molecule has 4 aliphatic rings. The van der Waals surface area contributed by atoms with Gasteiger partial charge in [-0.05, 0) is 60.0 Å². The highest BCUT2D eigenvalue weighted by molar-refractivity contribution is 6.36. The minimum absolute atomic E-state index is 0.0566. The first kappa shape index (κ1) is 37.2. The quantitative estimate of drug-likeness (QED) is 0.220. The van der Waals surface area contributed by atoms with Crippen molar-refractivity contribution in [3.05, 3.63) is 35.4 Å². The van der Waals surface area contributed by atoms with Gasteiger partial charge in [0.15, 0.2) is 5.78 Å². The van der Waals surface area contributed by atoms with Crippen molar-refractivity contribution in [2.24, 2.45) is 40.2 Å². The maximum atomic E-state index is 14.5. The average Bonchev–Trinajstić information content (AvgIpc) is 3.68. The summed E-state index contributed by atoms with van der Waals surface area (Å²) in [5, 5.41) is 5.82. The summed E-state index contributed by atoms with van der Waals surface area (Å²) in [6.45, 7) is 11.5. The van der Waals surface area contributed by atoms with E-state index >= 15 is 0 Å².